The maximum Gasteiger partial charge on any atom is 0.322 e. The van der Waals surface area contributed by atoms with Crippen molar-refractivity contribution < 1.29 is 14.3 Å². The molecule has 2 amide bonds. The smallest absolute Gasteiger partial charge is 0.322 e. The highest BCUT2D eigenvalue weighted by molar-refractivity contribution is 6.32. The summed E-state index contributed by atoms with van der Waals surface area (Å²) in [6, 6.07) is 6.75. The fourth-order valence-electron chi connectivity index (χ4n) is 3.33. The van der Waals surface area contributed by atoms with Crippen molar-refractivity contribution in [3.8, 4) is 17.3 Å². The lowest BCUT2D eigenvalue weighted by Gasteiger charge is -2.35. The van der Waals surface area contributed by atoms with E-state index in [-0.39, 0.29) is 6.03 Å². The first-order valence-electron chi connectivity index (χ1n) is 9.63. The van der Waals surface area contributed by atoms with Crippen LogP contribution in [0.2, 0.25) is 5.02 Å². The molecule has 10 nitrogen and oxygen atoms in total. The molecule has 0 unspecified atom stereocenters. The molecule has 2 aromatic heterocycles. The molecule has 0 saturated carbocycles. The van der Waals surface area contributed by atoms with Crippen LogP contribution in [0.1, 0.15) is 0 Å². The number of amides is 2. The van der Waals surface area contributed by atoms with Crippen molar-refractivity contribution in [1.82, 2.24) is 24.6 Å². The van der Waals surface area contributed by atoms with E-state index in [0.717, 1.165) is 5.82 Å². The number of halogens is 1. The van der Waals surface area contributed by atoms with Gasteiger partial charge < -0.3 is 24.6 Å². The SMILES string of the molecule is COc1cc(OC)c(NC(=O)N2CCN(c3cc(-n4cccn4)ncn3)CC2)cc1Cl. The van der Waals surface area contributed by atoms with Crippen molar-refractivity contribution in [2.75, 3.05) is 50.6 Å². The lowest BCUT2D eigenvalue weighted by atomic mass is 10.2. The molecule has 0 radical (unpaired) electrons. The van der Waals surface area contributed by atoms with Crippen LogP contribution < -0.4 is 19.7 Å². The first-order valence-corrected chi connectivity index (χ1v) is 10.0. The first-order chi connectivity index (χ1) is 15.1. The van der Waals surface area contributed by atoms with Crippen LogP contribution in [0.4, 0.5) is 16.3 Å². The number of aromatic nitrogens is 4. The molecular formula is C20H22ClN7O3. The van der Waals surface area contributed by atoms with Crippen LogP contribution in [0.5, 0.6) is 11.5 Å². The maximum absolute atomic E-state index is 12.8. The molecule has 0 aliphatic carbocycles. The van der Waals surface area contributed by atoms with Gasteiger partial charge in [-0.2, -0.15) is 5.10 Å². The molecule has 1 aromatic carbocycles. The molecule has 3 heterocycles. The Balaban J connectivity index is 1.40. The van der Waals surface area contributed by atoms with Gasteiger partial charge in [-0.15, -0.1) is 0 Å². The Labute approximate surface area is 184 Å². The van der Waals surface area contributed by atoms with Crippen molar-refractivity contribution >= 4 is 29.1 Å². The van der Waals surface area contributed by atoms with Gasteiger partial charge in [-0.25, -0.2) is 19.4 Å². The first kappa shape index (κ1) is 20.7. The second-order valence-electron chi connectivity index (χ2n) is 6.78. The normalized spacial score (nSPS) is 13.8. The van der Waals surface area contributed by atoms with E-state index in [1.54, 1.807) is 27.9 Å². The average Bonchev–Trinajstić information content (AvgIpc) is 3.34. The Morgan fingerprint density at radius 2 is 1.77 bits per heavy atom. The summed E-state index contributed by atoms with van der Waals surface area (Å²) >= 11 is 6.19. The van der Waals surface area contributed by atoms with Crippen LogP contribution in [-0.4, -0.2) is 71.1 Å². The van der Waals surface area contributed by atoms with E-state index in [1.807, 2.05) is 18.3 Å². The number of rotatable bonds is 5. The standard InChI is InChI=1S/C20H22ClN7O3/c1-30-16-11-17(31-2)15(10-14(16)21)25-20(29)27-8-6-26(7-9-27)18-12-19(23-13-22-18)28-5-3-4-24-28/h3-5,10-13H,6-9H2,1-2H3,(H,25,29). The summed E-state index contributed by atoms with van der Waals surface area (Å²) in [6.07, 6.45) is 5.05. The predicted molar refractivity (Wildman–Crippen MR) is 117 cm³/mol. The van der Waals surface area contributed by atoms with Gasteiger partial charge >= 0.3 is 6.03 Å². The molecule has 0 atom stereocenters. The summed E-state index contributed by atoms with van der Waals surface area (Å²) in [7, 11) is 3.05. The number of hydrogen-bond acceptors (Lipinski definition) is 7. The highest BCUT2D eigenvalue weighted by Gasteiger charge is 2.23. The van der Waals surface area contributed by atoms with E-state index in [0.29, 0.717) is 54.2 Å². The summed E-state index contributed by atoms with van der Waals surface area (Å²) in [5, 5.41) is 7.46. The third kappa shape index (κ3) is 4.48. The van der Waals surface area contributed by atoms with Gasteiger partial charge in [-0.3, -0.25) is 0 Å². The number of nitrogens with zero attached hydrogens (tertiary/aromatic N) is 6. The summed E-state index contributed by atoms with van der Waals surface area (Å²) in [5.74, 6) is 2.44. The van der Waals surface area contributed by atoms with Crippen LogP contribution in [0.15, 0.2) is 43.0 Å². The van der Waals surface area contributed by atoms with E-state index in [4.69, 9.17) is 21.1 Å². The summed E-state index contributed by atoms with van der Waals surface area (Å²) < 4.78 is 12.2. The zero-order chi connectivity index (χ0) is 21.8. The quantitative estimate of drug-likeness (QED) is 0.647. The number of piperazine rings is 1. The molecule has 1 aliphatic heterocycles. The summed E-state index contributed by atoms with van der Waals surface area (Å²) in [4.78, 5) is 25.3. The Hall–Kier alpha value is -3.53. The monoisotopic (exact) mass is 443 g/mol. The van der Waals surface area contributed by atoms with Crippen LogP contribution in [0.25, 0.3) is 5.82 Å². The Morgan fingerprint density at radius 3 is 2.45 bits per heavy atom. The molecule has 31 heavy (non-hydrogen) atoms. The number of methoxy groups -OCH3 is 2. The van der Waals surface area contributed by atoms with Crippen molar-refractivity contribution in [3.05, 3.63) is 48.0 Å². The van der Waals surface area contributed by atoms with Gasteiger partial charge in [-0.1, -0.05) is 11.6 Å². The van der Waals surface area contributed by atoms with Gasteiger partial charge in [0.2, 0.25) is 0 Å². The third-order valence-electron chi connectivity index (χ3n) is 4.98. The van der Waals surface area contributed by atoms with Crippen molar-refractivity contribution in [2.24, 2.45) is 0 Å². The minimum atomic E-state index is -0.223. The van der Waals surface area contributed by atoms with Crippen molar-refractivity contribution in [3.63, 3.8) is 0 Å². The van der Waals surface area contributed by atoms with Gasteiger partial charge in [0.25, 0.3) is 0 Å². The largest absolute Gasteiger partial charge is 0.495 e. The Kier molecular flexibility index (Phi) is 6.08. The lowest BCUT2D eigenvalue weighted by Crippen LogP contribution is -2.50. The number of benzene rings is 1. The van der Waals surface area contributed by atoms with Crippen molar-refractivity contribution in [2.45, 2.75) is 0 Å². The summed E-state index contributed by atoms with van der Waals surface area (Å²) in [6.45, 7) is 2.37. The third-order valence-corrected chi connectivity index (χ3v) is 5.28. The molecule has 4 rings (SSSR count). The van der Waals surface area contributed by atoms with E-state index in [1.165, 1.54) is 20.5 Å². The number of carbonyl (C=O) groups excluding carboxylic acids is 1. The fourth-order valence-corrected chi connectivity index (χ4v) is 3.57. The Morgan fingerprint density at radius 1 is 1.03 bits per heavy atom. The van der Waals surface area contributed by atoms with Gasteiger partial charge in [0.05, 0.1) is 24.9 Å². The zero-order valence-electron chi connectivity index (χ0n) is 17.2. The van der Waals surface area contributed by atoms with Crippen LogP contribution in [0, 0.1) is 0 Å². The second-order valence-corrected chi connectivity index (χ2v) is 7.18. The van der Waals surface area contributed by atoms with E-state index in [2.05, 4.69) is 25.3 Å². The molecular weight excluding hydrogens is 422 g/mol. The average molecular weight is 444 g/mol. The van der Waals surface area contributed by atoms with Crippen LogP contribution in [-0.2, 0) is 0 Å². The molecule has 1 aliphatic rings. The number of nitrogens with one attached hydrogen (secondary N) is 1. The van der Waals surface area contributed by atoms with E-state index < -0.39 is 0 Å². The number of ether oxygens (including phenoxy) is 2. The molecule has 1 fully saturated rings. The molecule has 1 saturated heterocycles. The van der Waals surface area contributed by atoms with Crippen molar-refractivity contribution in [1.29, 1.82) is 0 Å². The number of urea groups is 1. The van der Waals surface area contributed by atoms with E-state index >= 15 is 0 Å². The number of carbonyl (C=O) groups is 1. The van der Waals surface area contributed by atoms with Gasteiger partial charge in [0.1, 0.15) is 23.6 Å². The van der Waals surface area contributed by atoms with Gasteiger partial charge in [0.15, 0.2) is 5.82 Å². The Bertz CT molecular complexity index is 1050. The number of hydrogen-bond donors (Lipinski definition) is 1. The van der Waals surface area contributed by atoms with Gasteiger partial charge in [-0.05, 0) is 12.1 Å². The molecule has 0 bridgehead atoms. The van der Waals surface area contributed by atoms with Crippen LogP contribution >= 0.6 is 11.6 Å². The van der Waals surface area contributed by atoms with Gasteiger partial charge in [0, 0.05) is 50.7 Å². The highest BCUT2D eigenvalue weighted by atomic mass is 35.5. The van der Waals surface area contributed by atoms with Crippen LogP contribution in [0.3, 0.4) is 0 Å². The molecule has 162 valence electrons. The summed E-state index contributed by atoms with van der Waals surface area (Å²) in [5.41, 5.74) is 0.486. The second kappa shape index (κ2) is 9.09. The molecule has 3 aromatic rings. The highest BCUT2D eigenvalue weighted by Crippen LogP contribution is 2.36. The molecule has 1 N–H and O–H groups in total. The topological polar surface area (TPSA) is 97.6 Å². The minimum Gasteiger partial charge on any atom is -0.495 e. The predicted octanol–water partition coefficient (Wildman–Crippen LogP) is 2.69. The molecule has 0 spiro atoms. The fraction of sp³-hybridized carbons (Fsp3) is 0.300. The zero-order valence-corrected chi connectivity index (χ0v) is 17.9. The number of anilines is 2. The van der Waals surface area contributed by atoms with E-state index in [9.17, 15) is 4.79 Å². The lowest BCUT2D eigenvalue weighted by molar-refractivity contribution is 0.208. The minimum absolute atomic E-state index is 0.223. The molecule has 11 heteroatoms. The maximum atomic E-state index is 12.8.